The summed E-state index contributed by atoms with van der Waals surface area (Å²) in [6.07, 6.45) is 0. The lowest BCUT2D eigenvalue weighted by atomic mass is 10.1. The summed E-state index contributed by atoms with van der Waals surface area (Å²) < 4.78 is 0. The first-order valence-electron chi connectivity index (χ1n) is 5.14. The van der Waals surface area contributed by atoms with E-state index in [4.69, 9.17) is 5.73 Å². The zero-order valence-corrected chi connectivity index (χ0v) is 10.2. The number of hydrogen-bond donors (Lipinski definition) is 3. The quantitative estimate of drug-likeness (QED) is 0.464. The second-order valence-corrected chi connectivity index (χ2v) is 4.46. The fourth-order valence-corrected chi connectivity index (χ4v) is 0.981. The molecule has 0 heterocycles. The molecule has 1 atom stereocenters. The van der Waals surface area contributed by atoms with Gasteiger partial charge < -0.3 is 16.4 Å². The van der Waals surface area contributed by atoms with Crippen LogP contribution < -0.4 is 16.4 Å². The van der Waals surface area contributed by atoms with E-state index in [1.807, 2.05) is 27.7 Å². The second-order valence-electron chi connectivity index (χ2n) is 4.46. The first kappa shape index (κ1) is 13.7. The highest BCUT2D eigenvalue weighted by molar-refractivity contribution is 5.88. The molecular formula is C10H22N4O. The van der Waals surface area contributed by atoms with E-state index in [2.05, 4.69) is 15.6 Å². The highest BCUT2D eigenvalue weighted by atomic mass is 16.2. The van der Waals surface area contributed by atoms with Gasteiger partial charge in [0.2, 0.25) is 5.91 Å². The predicted molar refractivity (Wildman–Crippen MR) is 62.7 cm³/mol. The molecule has 0 spiro atoms. The largest absolute Gasteiger partial charge is 0.370 e. The van der Waals surface area contributed by atoms with Crippen LogP contribution >= 0.6 is 0 Å². The molecule has 0 aliphatic heterocycles. The summed E-state index contributed by atoms with van der Waals surface area (Å²) in [7, 11) is 0. The van der Waals surface area contributed by atoms with Gasteiger partial charge in [0.15, 0.2) is 5.96 Å². The van der Waals surface area contributed by atoms with Gasteiger partial charge in [-0.05, 0) is 34.6 Å². The van der Waals surface area contributed by atoms with Gasteiger partial charge in [0.25, 0.3) is 0 Å². The molecule has 0 rings (SSSR count). The molecule has 15 heavy (non-hydrogen) atoms. The lowest BCUT2D eigenvalue weighted by molar-refractivity contribution is -0.123. The van der Waals surface area contributed by atoms with Crippen LogP contribution in [0.25, 0.3) is 0 Å². The van der Waals surface area contributed by atoms with Crippen LogP contribution in [0, 0.1) is 0 Å². The van der Waals surface area contributed by atoms with E-state index < -0.39 is 0 Å². The number of nitrogens with one attached hydrogen (secondary N) is 2. The van der Waals surface area contributed by atoms with Gasteiger partial charge in [-0.15, -0.1) is 0 Å². The van der Waals surface area contributed by atoms with Crippen molar-refractivity contribution in [2.45, 2.75) is 46.2 Å². The van der Waals surface area contributed by atoms with E-state index in [1.165, 1.54) is 0 Å². The average molecular weight is 214 g/mol. The topological polar surface area (TPSA) is 79.5 Å². The zero-order chi connectivity index (χ0) is 12.1. The Balaban J connectivity index is 4.17. The molecule has 0 saturated heterocycles. The van der Waals surface area contributed by atoms with Gasteiger partial charge in [0, 0.05) is 12.1 Å². The Kier molecular flexibility index (Phi) is 5.11. The van der Waals surface area contributed by atoms with Crippen LogP contribution in [0.5, 0.6) is 0 Å². The molecule has 0 aromatic carbocycles. The lowest BCUT2D eigenvalue weighted by Gasteiger charge is -2.23. The zero-order valence-electron chi connectivity index (χ0n) is 10.2. The summed E-state index contributed by atoms with van der Waals surface area (Å²) >= 11 is 0. The summed E-state index contributed by atoms with van der Waals surface area (Å²) in [5.41, 5.74) is 5.31. The number of rotatable bonds is 3. The highest BCUT2D eigenvalue weighted by Gasteiger charge is 2.19. The maximum absolute atomic E-state index is 11.6. The number of nitrogens with zero attached hydrogens (tertiary/aromatic N) is 1. The molecule has 5 heteroatoms. The molecule has 0 radical (unpaired) electrons. The summed E-state index contributed by atoms with van der Waals surface area (Å²) in [5.74, 6) is 0.214. The van der Waals surface area contributed by atoms with E-state index in [9.17, 15) is 4.79 Å². The molecule has 0 aromatic heterocycles. The third kappa shape index (κ3) is 6.76. The molecule has 0 bridgehead atoms. The van der Waals surface area contributed by atoms with Gasteiger partial charge in [0.1, 0.15) is 6.04 Å². The maximum Gasteiger partial charge on any atom is 0.242 e. The molecule has 0 fully saturated rings. The van der Waals surface area contributed by atoms with Crippen LogP contribution in [0.1, 0.15) is 34.6 Å². The minimum atomic E-state index is -0.375. The summed E-state index contributed by atoms with van der Waals surface area (Å²) in [4.78, 5) is 15.6. The van der Waals surface area contributed by atoms with Crippen molar-refractivity contribution in [1.82, 2.24) is 10.6 Å². The smallest absolute Gasteiger partial charge is 0.242 e. The molecule has 1 unspecified atom stereocenters. The van der Waals surface area contributed by atoms with Crippen molar-refractivity contribution in [3.05, 3.63) is 0 Å². The van der Waals surface area contributed by atoms with Crippen LogP contribution in [0.2, 0.25) is 0 Å². The summed E-state index contributed by atoms with van der Waals surface area (Å²) in [5, 5.41) is 5.67. The van der Waals surface area contributed by atoms with E-state index in [1.54, 1.807) is 6.92 Å². The van der Waals surface area contributed by atoms with Crippen molar-refractivity contribution in [1.29, 1.82) is 0 Å². The normalized spacial score (nSPS) is 14.6. The Morgan fingerprint density at radius 2 is 2.00 bits per heavy atom. The Hall–Kier alpha value is -1.26. The lowest BCUT2D eigenvalue weighted by Crippen LogP contribution is -2.52. The van der Waals surface area contributed by atoms with Crippen molar-refractivity contribution >= 4 is 11.9 Å². The molecule has 5 nitrogen and oxygen atoms in total. The van der Waals surface area contributed by atoms with Gasteiger partial charge in [0.05, 0.1) is 0 Å². The first-order valence-corrected chi connectivity index (χ1v) is 5.14. The highest BCUT2D eigenvalue weighted by Crippen LogP contribution is 1.99. The third-order valence-corrected chi connectivity index (χ3v) is 1.58. The van der Waals surface area contributed by atoms with Crippen molar-refractivity contribution in [3.63, 3.8) is 0 Å². The van der Waals surface area contributed by atoms with Crippen LogP contribution in [0.3, 0.4) is 0 Å². The van der Waals surface area contributed by atoms with Crippen LogP contribution in [0.4, 0.5) is 0 Å². The van der Waals surface area contributed by atoms with Crippen molar-refractivity contribution in [2.24, 2.45) is 10.7 Å². The monoisotopic (exact) mass is 214 g/mol. The van der Waals surface area contributed by atoms with E-state index in [0.717, 1.165) is 0 Å². The standard InChI is InChI=1S/C10H22N4O/c1-6-12-9(11)13-7(2)8(15)14-10(3,4)5/h7H,6H2,1-5H3,(H,14,15)(H3,11,12,13). The van der Waals surface area contributed by atoms with E-state index in [-0.39, 0.29) is 17.5 Å². The number of hydrogen-bond acceptors (Lipinski definition) is 2. The molecule has 0 aliphatic rings. The fourth-order valence-electron chi connectivity index (χ4n) is 0.981. The van der Waals surface area contributed by atoms with Gasteiger partial charge >= 0.3 is 0 Å². The number of nitrogens with two attached hydrogens (primary N) is 1. The Bertz CT molecular complexity index is 242. The van der Waals surface area contributed by atoms with Crippen molar-refractivity contribution < 1.29 is 4.79 Å². The van der Waals surface area contributed by atoms with Crippen molar-refractivity contribution in [3.8, 4) is 0 Å². The van der Waals surface area contributed by atoms with Gasteiger partial charge in [-0.25, -0.2) is 0 Å². The second kappa shape index (κ2) is 5.58. The SMILES string of the molecule is CCN=C(N)NC(C)C(=O)NC(C)(C)C. The molecular weight excluding hydrogens is 192 g/mol. The fraction of sp³-hybridized carbons (Fsp3) is 0.800. The Morgan fingerprint density at radius 1 is 1.47 bits per heavy atom. The number of amides is 1. The molecule has 88 valence electrons. The minimum absolute atomic E-state index is 0.0863. The number of guanidine groups is 1. The summed E-state index contributed by atoms with van der Waals surface area (Å²) in [6, 6.07) is -0.375. The summed E-state index contributed by atoms with van der Waals surface area (Å²) in [6.45, 7) is 10.0. The first-order chi connectivity index (χ1) is 6.76. The third-order valence-electron chi connectivity index (χ3n) is 1.58. The molecule has 0 aromatic rings. The molecule has 1 amide bonds. The number of carbonyl (C=O) groups is 1. The minimum Gasteiger partial charge on any atom is -0.370 e. The number of carbonyl (C=O) groups excluding carboxylic acids is 1. The van der Waals surface area contributed by atoms with E-state index in [0.29, 0.717) is 12.5 Å². The van der Waals surface area contributed by atoms with Crippen LogP contribution in [-0.4, -0.2) is 30.0 Å². The average Bonchev–Trinajstić information content (AvgIpc) is 2.00. The predicted octanol–water partition coefficient (Wildman–Crippen LogP) is 0.214. The van der Waals surface area contributed by atoms with Gasteiger partial charge in [-0.2, -0.15) is 0 Å². The molecule has 4 N–H and O–H groups in total. The Labute approximate surface area is 91.5 Å². The van der Waals surface area contributed by atoms with Gasteiger partial charge in [-0.3, -0.25) is 9.79 Å². The maximum atomic E-state index is 11.6. The van der Waals surface area contributed by atoms with Crippen molar-refractivity contribution in [2.75, 3.05) is 6.54 Å². The van der Waals surface area contributed by atoms with Crippen LogP contribution in [-0.2, 0) is 4.79 Å². The molecule has 0 aliphatic carbocycles. The van der Waals surface area contributed by atoms with Crippen LogP contribution in [0.15, 0.2) is 4.99 Å². The van der Waals surface area contributed by atoms with E-state index >= 15 is 0 Å². The molecule has 0 saturated carbocycles. The number of aliphatic imine (C=N–C) groups is 1. The Morgan fingerprint density at radius 3 is 2.40 bits per heavy atom. The van der Waals surface area contributed by atoms with Gasteiger partial charge in [-0.1, -0.05) is 0 Å².